The predicted molar refractivity (Wildman–Crippen MR) is 96.5 cm³/mol. The summed E-state index contributed by atoms with van der Waals surface area (Å²) in [4.78, 5) is 24.2. The van der Waals surface area contributed by atoms with Crippen LogP contribution < -0.4 is 16.0 Å². The number of hydrogen-bond acceptors (Lipinski definition) is 4. The molecule has 1 aliphatic carbocycles. The summed E-state index contributed by atoms with van der Waals surface area (Å²) in [5, 5.41) is 7.49. The molecule has 3 aliphatic rings. The van der Waals surface area contributed by atoms with Gasteiger partial charge in [-0.15, -0.1) is 0 Å². The summed E-state index contributed by atoms with van der Waals surface area (Å²) in [5.41, 5.74) is 0.373. The summed E-state index contributed by atoms with van der Waals surface area (Å²) in [5.74, 6) is -3.43. The van der Waals surface area contributed by atoms with E-state index >= 15 is 0 Å². The minimum Gasteiger partial charge on any atom is -0.373 e. The van der Waals surface area contributed by atoms with E-state index in [1.165, 1.54) is 6.08 Å². The first kappa shape index (κ1) is 23.8. The Morgan fingerprint density at radius 1 is 1.06 bits per heavy atom. The van der Waals surface area contributed by atoms with E-state index in [4.69, 9.17) is 4.74 Å². The maximum absolute atomic E-state index is 13.3. The van der Waals surface area contributed by atoms with E-state index in [9.17, 15) is 35.9 Å². The molecule has 0 aromatic rings. The van der Waals surface area contributed by atoms with Crippen LogP contribution in [0.3, 0.4) is 0 Å². The fourth-order valence-electron chi connectivity index (χ4n) is 4.30. The SMILES string of the molecule is O=C1C=C(NC(=O)C2CCC(C(F)(F)F)CC2OC2CCC(C(F)(F)F)NC2)CCN1. The number of ether oxygens (including phenoxy) is 1. The summed E-state index contributed by atoms with van der Waals surface area (Å²) in [6.07, 6.45) is -9.98. The monoisotopic (exact) mass is 457 g/mol. The Kier molecular flexibility index (Phi) is 7.19. The molecule has 0 bridgehead atoms. The van der Waals surface area contributed by atoms with E-state index in [1.807, 2.05) is 0 Å². The van der Waals surface area contributed by atoms with Gasteiger partial charge in [0, 0.05) is 31.3 Å². The van der Waals surface area contributed by atoms with E-state index in [1.54, 1.807) is 0 Å². The lowest BCUT2D eigenvalue weighted by atomic mass is 9.78. The molecular formula is C19H25F6N3O3. The van der Waals surface area contributed by atoms with Gasteiger partial charge >= 0.3 is 12.4 Å². The van der Waals surface area contributed by atoms with Crippen LogP contribution in [0.2, 0.25) is 0 Å². The highest BCUT2D eigenvalue weighted by atomic mass is 19.4. The first-order chi connectivity index (χ1) is 14.4. The van der Waals surface area contributed by atoms with Gasteiger partial charge in [-0.3, -0.25) is 9.59 Å². The quantitative estimate of drug-likeness (QED) is 0.567. The number of nitrogens with one attached hydrogen (secondary N) is 3. The number of hydrogen-bond donors (Lipinski definition) is 3. The Morgan fingerprint density at radius 3 is 2.39 bits per heavy atom. The van der Waals surface area contributed by atoms with Crippen LogP contribution >= 0.6 is 0 Å². The Hall–Kier alpha value is -1.82. The number of halogens is 6. The third kappa shape index (κ3) is 6.34. The van der Waals surface area contributed by atoms with Crippen LogP contribution in [0.1, 0.15) is 38.5 Å². The second kappa shape index (κ2) is 9.35. The second-order valence-corrected chi connectivity index (χ2v) is 8.23. The summed E-state index contributed by atoms with van der Waals surface area (Å²) in [7, 11) is 0. The van der Waals surface area contributed by atoms with Crippen molar-refractivity contribution in [2.24, 2.45) is 11.8 Å². The van der Waals surface area contributed by atoms with Crippen LogP contribution in [0.15, 0.2) is 11.8 Å². The molecule has 31 heavy (non-hydrogen) atoms. The van der Waals surface area contributed by atoms with Crippen LogP contribution in [0, 0.1) is 11.8 Å². The second-order valence-electron chi connectivity index (χ2n) is 8.23. The Balaban J connectivity index is 1.66. The molecule has 6 nitrogen and oxygen atoms in total. The maximum Gasteiger partial charge on any atom is 0.403 e. The van der Waals surface area contributed by atoms with Gasteiger partial charge in [-0.2, -0.15) is 26.3 Å². The molecule has 0 spiro atoms. The standard InChI is InChI=1S/C19H25F6N3O3/c20-18(21,22)10-1-3-13(17(30)28-11-5-6-26-16(29)8-11)14(7-10)31-12-2-4-15(27-9-12)19(23,24)25/h8,10,12-15,27H,1-7,9H2,(H,26,29)(H,28,30). The van der Waals surface area contributed by atoms with Crippen molar-refractivity contribution in [2.45, 2.75) is 69.1 Å². The number of carbonyl (C=O) groups is 2. The van der Waals surface area contributed by atoms with Gasteiger partial charge < -0.3 is 20.7 Å². The predicted octanol–water partition coefficient (Wildman–Crippen LogP) is 2.55. The average molecular weight is 457 g/mol. The van der Waals surface area contributed by atoms with Gasteiger partial charge in [-0.1, -0.05) is 0 Å². The number of alkyl halides is 6. The Labute approximate surface area is 175 Å². The molecule has 0 radical (unpaired) electrons. The molecule has 1 saturated carbocycles. The molecule has 5 atom stereocenters. The first-order valence-corrected chi connectivity index (χ1v) is 10.2. The smallest absolute Gasteiger partial charge is 0.373 e. The highest BCUT2D eigenvalue weighted by Crippen LogP contribution is 2.41. The molecule has 3 N–H and O–H groups in total. The molecule has 176 valence electrons. The van der Waals surface area contributed by atoms with Crippen LogP contribution in [0.5, 0.6) is 0 Å². The number of amides is 2. The van der Waals surface area contributed by atoms with Crippen molar-refractivity contribution < 1.29 is 40.7 Å². The fourth-order valence-corrected chi connectivity index (χ4v) is 4.30. The minimum atomic E-state index is -4.45. The third-order valence-electron chi connectivity index (χ3n) is 6.01. The molecular weight excluding hydrogens is 432 g/mol. The molecule has 12 heteroatoms. The summed E-state index contributed by atoms with van der Waals surface area (Å²) >= 11 is 0. The van der Waals surface area contributed by atoms with Crippen molar-refractivity contribution in [3.8, 4) is 0 Å². The van der Waals surface area contributed by atoms with Crippen molar-refractivity contribution in [2.75, 3.05) is 13.1 Å². The zero-order chi connectivity index (χ0) is 22.8. The highest BCUT2D eigenvalue weighted by Gasteiger charge is 2.48. The fraction of sp³-hybridized carbons (Fsp3) is 0.789. The molecule has 1 saturated heterocycles. The average Bonchev–Trinajstić information content (AvgIpc) is 2.67. The normalized spacial score (nSPS) is 32.8. The number of piperidine rings is 1. The van der Waals surface area contributed by atoms with E-state index in [0.717, 1.165) is 0 Å². The topological polar surface area (TPSA) is 79.5 Å². The molecule has 0 aromatic heterocycles. The van der Waals surface area contributed by atoms with Gasteiger partial charge in [0.05, 0.1) is 24.0 Å². The van der Waals surface area contributed by atoms with Gasteiger partial charge in [0.2, 0.25) is 11.8 Å². The van der Waals surface area contributed by atoms with E-state index in [2.05, 4.69) is 16.0 Å². The molecule has 2 heterocycles. The zero-order valence-corrected chi connectivity index (χ0v) is 16.6. The third-order valence-corrected chi connectivity index (χ3v) is 6.01. The van der Waals surface area contributed by atoms with Gasteiger partial charge in [-0.05, 0) is 32.1 Å². The van der Waals surface area contributed by atoms with Gasteiger partial charge in [-0.25, -0.2) is 0 Å². The van der Waals surface area contributed by atoms with Crippen molar-refractivity contribution in [3.05, 3.63) is 11.8 Å². The lowest BCUT2D eigenvalue weighted by Gasteiger charge is -2.40. The van der Waals surface area contributed by atoms with Crippen LogP contribution in [0.25, 0.3) is 0 Å². The van der Waals surface area contributed by atoms with Gasteiger partial charge in [0.25, 0.3) is 0 Å². The first-order valence-electron chi connectivity index (χ1n) is 10.2. The van der Waals surface area contributed by atoms with Crippen molar-refractivity contribution >= 4 is 11.8 Å². The highest BCUT2D eigenvalue weighted by molar-refractivity contribution is 5.90. The number of carbonyl (C=O) groups excluding carboxylic acids is 2. The lowest BCUT2D eigenvalue weighted by Crippen LogP contribution is -2.52. The van der Waals surface area contributed by atoms with E-state index in [0.29, 0.717) is 18.7 Å². The zero-order valence-electron chi connectivity index (χ0n) is 16.6. The van der Waals surface area contributed by atoms with Gasteiger partial charge in [0.1, 0.15) is 6.04 Å². The van der Waals surface area contributed by atoms with E-state index < -0.39 is 54.8 Å². The molecule has 2 amide bonds. The van der Waals surface area contributed by atoms with Crippen molar-refractivity contribution in [1.82, 2.24) is 16.0 Å². The molecule has 2 fully saturated rings. The minimum absolute atomic E-state index is 0.0318. The lowest BCUT2D eigenvalue weighted by molar-refractivity contribution is -0.205. The van der Waals surface area contributed by atoms with Crippen LogP contribution in [0.4, 0.5) is 26.3 Å². The number of rotatable bonds is 4. The van der Waals surface area contributed by atoms with Crippen LogP contribution in [-0.2, 0) is 14.3 Å². The summed E-state index contributed by atoms with van der Waals surface area (Å²) < 4.78 is 84.0. The molecule has 3 rings (SSSR count). The molecule has 5 unspecified atom stereocenters. The molecule has 2 aliphatic heterocycles. The molecule has 0 aromatic carbocycles. The maximum atomic E-state index is 13.3. The largest absolute Gasteiger partial charge is 0.403 e. The Bertz CT molecular complexity index is 701. The van der Waals surface area contributed by atoms with Crippen molar-refractivity contribution in [1.29, 1.82) is 0 Å². The summed E-state index contributed by atoms with van der Waals surface area (Å²) in [6, 6.07) is -1.68. The van der Waals surface area contributed by atoms with E-state index in [-0.39, 0.29) is 38.1 Å². The van der Waals surface area contributed by atoms with Gasteiger partial charge in [0.15, 0.2) is 0 Å². The Morgan fingerprint density at radius 2 is 1.81 bits per heavy atom. The van der Waals surface area contributed by atoms with Crippen LogP contribution in [-0.4, -0.2) is 55.5 Å². The van der Waals surface area contributed by atoms with Crippen molar-refractivity contribution in [3.63, 3.8) is 0 Å². The summed E-state index contributed by atoms with van der Waals surface area (Å²) in [6.45, 7) is 0.177.